The first-order chi connectivity index (χ1) is 10.2. The van der Waals surface area contributed by atoms with Crippen LogP contribution in [0.25, 0.3) is 10.9 Å². The number of nitrogen functional groups attached to an aromatic ring is 1. The van der Waals surface area contributed by atoms with Crippen molar-refractivity contribution in [2.75, 3.05) is 37.3 Å². The number of fused-ring (bicyclic) bond motifs is 1. The van der Waals surface area contributed by atoms with Gasteiger partial charge < -0.3 is 15.5 Å². The van der Waals surface area contributed by atoms with Gasteiger partial charge in [-0.3, -0.25) is 4.98 Å². The molecule has 1 aromatic heterocycles. The lowest BCUT2D eigenvalue weighted by Gasteiger charge is -2.33. The normalized spacial score (nSPS) is 20.7. The van der Waals surface area contributed by atoms with Crippen molar-refractivity contribution < 1.29 is 0 Å². The number of likely N-dealkylation sites (N-methyl/N-ethyl adjacent to an activating group) is 1. The molecule has 4 nitrogen and oxygen atoms in total. The summed E-state index contributed by atoms with van der Waals surface area (Å²) in [5, 5.41) is 1.06. The summed E-state index contributed by atoms with van der Waals surface area (Å²) in [5.41, 5.74) is 9.17. The van der Waals surface area contributed by atoms with E-state index in [0.29, 0.717) is 6.04 Å². The van der Waals surface area contributed by atoms with Gasteiger partial charge in [0.25, 0.3) is 0 Å². The molecule has 112 valence electrons. The quantitative estimate of drug-likeness (QED) is 0.861. The van der Waals surface area contributed by atoms with Gasteiger partial charge in [0.15, 0.2) is 0 Å². The van der Waals surface area contributed by atoms with Gasteiger partial charge in [-0.2, -0.15) is 0 Å². The van der Waals surface area contributed by atoms with Crippen LogP contribution >= 0.6 is 0 Å². The summed E-state index contributed by atoms with van der Waals surface area (Å²) in [5.74, 6) is 0. The molecule has 0 saturated carbocycles. The van der Waals surface area contributed by atoms with E-state index in [9.17, 15) is 0 Å². The Hall–Kier alpha value is -1.81. The molecule has 3 rings (SSSR count). The lowest BCUT2D eigenvalue weighted by Crippen LogP contribution is -2.40. The van der Waals surface area contributed by atoms with Crippen LogP contribution < -0.4 is 10.6 Å². The van der Waals surface area contributed by atoms with E-state index in [1.54, 1.807) is 0 Å². The van der Waals surface area contributed by atoms with Crippen LogP contribution in [0.1, 0.15) is 19.8 Å². The Balaban J connectivity index is 2.08. The molecule has 4 heteroatoms. The highest BCUT2D eigenvalue weighted by Gasteiger charge is 2.24. The third-order valence-electron chi connectivity index (χ3n) is 4.46. The summed E-state index contributed by atoms with van der Waals surface area (Å²) in [6, 6.07) is 8.70. The zero-order valence-corrected chi connectivity index (χ0v) is 12.9. The number of nitrogens with zero attached hydrogens (tertiary/aromatic N) is 3. The molecule has 21 heavy (non-hydrogen) atoms. The minimum atomic E-state index is 0.534. The lowest BCUT2D eigenvalue weighted by atomic mass is 10.1. The Bertz CT molecular complexity index is 625. The highest BCUT2D eigenvalue weighted by molar-refractivity contribution is 5.98. The SMILES string of the molecule is CCC1CN(C)CCCN1c1ccc(N)c2cccnc12. The van der Waals surface area contributed by atoms with Crippen LogP contribution in [0.5, 0.6) is 0 Å². The minimum Gasteiger partial charge on any atom is -0.398 e. The molecule has 0 amide bonds. The Morgan fingerprint density at radius 1 is 1.29 bits per heavy atom. The van der Waals surface area contributed by atoms with Gasteiger partial charge in [-0.15, -0.1) is 0 Å². The topological polar surface area (TPSA) is 45.4 Å². The number of pyridine rings is 1. The van der Waals surface area contributed by atoms with Crippen molar-refractivity contribution in [2.45, 2.75) is 25.8 Å². The van der Waals surface area contributed by atoms with Crippen LogP contribution in [-0.4, -0.2) is 42.6 Å². The monoisotopic (exact) mass is 284 g/mol. The van der Waals surface area contributed by atoms with Gasteiger partial charge in [-0.05, 0) is 50.7 Å². The van der Waals surface area contributed by atoms with E-state index in [-0.39, 0.29) is 0 Å². The molecule has 1 aliphatic rings. The predicted molar refractivity (Wildman–Crippen MR) is 89.7 cm³/mol. The van der Waals surface area contributed by atoms with E-state index in [1.807, 2.05) is 18.3 Å². The van der Waals surface area contributed by atoms with Crippen LogP contribution in [0.3, 0.4) is 0 Å². The van der Waals surface area contributed by atoms with E-state index in [2.05, 4.69) is 40.9 Å². The standard InChI is InChI=1S/C17H24N4/c1-3-13-12-20(2)10-5-11-21(13)16-8-7-15(18)14-6-4-9-19-17(14)16/h4,6-9,13H,3,5,10-12,18H2,1-2H3. The van der Waals surface area contributed by atoms with Gasteiger partial charge in [0, 0.05) is 36.4 Å². The van der Waals surface area contributed by atoms with Crippen LogP contribution in [0.2, 0.25) is 0 Å². The predicted octanol–water partition coefficient (Wildman–Crippen LogP) is 2.74. The second-order valence-electron chi connectivity index (χ2n) is 5.94. The fourth-order valence-electron chi connectivity index (χ4n) is 3.32. The van der Waals surface area contributed by atoms with E-state index in [0.717, 1.165) is 42.6 Å². The molecule has 2 N–H and O–H groups in total. The number of aromatic nitrogens is 1. The summed E-state index contributed by atoms with van der Waals surface area (Å²) in [4.78, 5) is 9.56. The molecular formula is C17H24N4. The van der Waals surface area contributed by atoms with Crippen LogP contribution in [0.4, 0.5) is 11.4 Å². The molecule has 1 unspecified atom stereocenters. The van der Waals surface area contributed by atoms with Crippen molar-refractivity contribution in [3.8, 4) is 0 Å². The fourth-order valence-corrected chi connectivity index (χ4v) is 3.32. The van der Waals surface area contributed by atoms with E-state index in [1.165, 1.54) is 12.1 Å². The van der Waals surface area contributed by atoms with Crippen molar-refractivity contribution in [1.82, 2.24) is 9.88 Å². The molecular weight excluding hydrogens is 260 g/mol. The first-order valence-electron chi connectivity index (χ1n) is 7.79. The van der Waals surface area contributed by atoms with Gasteiger partial charge in [0.2, 0.25) is 0 Å². The first-order valence-corrected chi connectivity index (χ1v) is 7.79. The molecule has 1 aromatic carbocycles. The second-order valence-corrected chi connectivity index (χ2v) is 5.94. The van der Waals surface area contributed by atoms with E-state index in [4.69, 9.17) is 5.73 Å². The maximum Gasteiger partial charge on any atom is 0.0956 e. The third-order valence-corrected chi connectivity index (χ3v) is 4.46. The highest BCUT2D eigenvalue weighted by atomic mass is 15.2. The summed E-state index contributed by atoms with van der Waals surface area (Å²) in [6.45, 7) is 5.62. The molecule has 0 aliphatic carbocycles. The van der Waals surface area contributed by atoms with Crippen molar-refractivity contribution >= 4 is 22.3 Å². The van der Waals surface area contributed by atoms with Crippen molar-refractivity contribution in [1.29, 1.82) is 0 Å². The van der Waals surface area contributed by atoms with Crippen molar-refractivity contribution in [2.24, 2.45) is 0 Å². The Kier molecular flexibility index (Phi) is 3.97. The first kappa shape index (κ1) is 14.1. The third kappa shape index (κ3) is 2.68. The van der Waals surface area contributed by atoms with Gasteiger partial charge in [-0.1, -0.05) is 6.92 Å². The number of anilines is 2. The maximum atomic E-state index is 6.11. The number of hydrogen-bond acceptors (Lipinski definition) is 4. The average Bonchev–Trinajstić information content (AvgIpc) is 2.69. The van der Waals surface area contributed by atoms with Gasteiger partial charge in [0.05, 0.1) is 11.2 Å². The average molecular weight is 284 g/mol. The molecule has 0 radical (unpaired) electrons. The number of rotatable bonds is 2. The van der Waals surface area contributed by atoms with Crippen LogP contribution in [-0.2, 0) is 0 Å². The van der Waals surface area contributed by atoms with Crippen molar-refractivity contribution in [3.63, 3.8) is 0 Å². The Morgan fingerprint density at radius 3 is 2.95 bits per heavy atom. The minimum absolute atomic E-state index is 0.534. The molecule has 0 spiro atoms. The van der Waals surface area contributed by atoms with E-state index >= 15 is 0 Å². The van der Waals surface area contributed by atoms with Gasteiger partial charge in [0.1, 0.15) is 0 Å². The van der Waals surface area contributed by atoms with Crippen molar-refractivity contribution in [3.05, 3.63) is 30.5 Å². The fraction of sp³-hybridized carbons (Fsp3) is 0.471. The molecule has 1 fully saturated rings. The molecule has 2 heterocycles. The zero-order valence-electron chi connectivity index (χ0n) is 12.9. The van der Waals surface area contributed by atoms with Gasteiger partial charge in [-0.25, -0.2) is 0 Å². The number of hydrogen-bond donors (Lipinski definition) is 1. The van der Waals surface area contributed by atoms with Crippen LogP contribution in [0, 0.1) is 0 Å². The van der Waals surface area contributed by atoms with Crippen LogP contribution in [0.15, 0.2) is 30.5 Å². The number of nitrogens with two attached hydrogens (primary N) is 1. The highest BCUT2D eigenvalue weighted by Crippen LogP contribution is 2.31. The lowest BCUT2D eigenvalue weighted by molar-refractivity contribution is 0.328. The molecule has 0 bridgehead atoms. The molecule has 1 saturated heterocycles. The van der Waals surface area contributed by atoms with E-state index < -0.39 is 0 Å². The maximum absolute atomic E-state index is 6.11. The second kappa shape index (κ2) is 5.90. The largest absolute Gasteiger partial charge is 0.398 e. The summed E-state index contributed by atoms with van der Waals surface area (Å²) >= 11 is 0. The molecule has 1 atom stereocenters. The smallest absolute Gasteiger partial charge is 0.0956 e. The number of benzene rings is 1. The Labute approximate surface area is 126 Å². The summed E-state index contributed by atoms with van der Waals surface area (Å²) < 4.78 is 0. The summed E-state index contributed by atoms with van der Waals surface area (Å²) in [7, 11) is 2.21. The van der Waals surface area contributed by atoms with Gasteiger partial charge >= 0.3 is 0 Å². The molecule has 2 aromatic rings. The summed E-state index contributed by atoms with van der Waals surface area (Å²) in [6.07, 6.45) is 4.19. The zero-order chi connectivity index (χ0) is 14.8. The Morgan fingerprint density at radius 2 is 2.14 bits per heavy atom. The molecule has 1 aliphatic heterocycles.